The van der Waals surface area contributed by atoms with E-state index in [9.17, 15) is 4.79 Å². The molecule has 0 aromatic carbocycles. The largest absolute Gasteiger partial charge is 0.472 e. The second-order valence-corrected chi connectivity index (χ2v) is 7.24. The molecule has 5 heterocycles. The molecule has 10 heteroatoms. The summed E-state index contributed by atoms with van der Waals surface area (Å²) < 4.78 is 9.56. The van der Waals surface area contributed by atoms with Crippen molar-refractivity contribution in [2.24, 2.45) is 0 Å². The number of fused-ring (bicyclic) bond motifs is 2. The van der Waals surface area contributed by atoms with Gasteiger partial charge in [0, 0.05) is 31.5 Å². The molecule has 27 heavy (non-hydrogen) atoms. The average molecular weight is 428 g/mol. The summed E-state index contributed by atoms with van der Waals surface area (Å²) in [7, 11) is 0. The van der Waals surface area contributed by atoms with Gasteiger partial charge in [0.1, 0.15) is 6.26 Å². The molecule has 9 nitrogen and oxygen atoms in total. The van der Waals surface area contributed by atoms with Crippen LogP contribution in [0.5, 0.6) is 0 Å². The van der Waals surface area contributed by atoms with E-state index in [4.69, 9.17) is 4.42 Å². The van der Waals surface area contributed by atoms with Gasteiger partial charge >= 0.3 is 0 Å². The minimum Gasteiger partial charge on any atom is -0.472 e. The zero-order chi connectivity index (χ0) is 18.5. The maximum atomic E-state index is 13.0. The molecular formula is C17H14BrN7O2. The van der Waals surface area contributed by atoms with Crippen LogP contribution >= 0.6 is 15.9 Å². The molecule has 0 N–H and O–H groups in total. The highest BCUT2D eigenvalue weighted by Crippen LogP contribution is 2.29. The number of rotatable bonds is 2. The number of halogens is 1. The molecule has 0 saturated carbocycles. The zero-order valence-corrected chi connectivity index (χ0v) is 15.9. The van der Waals surface area contributed by atoms with Crippen LogP contribution in [0.25, 0.3) is 17.0 Å². The fourth-order valence-electron chi connectivity index (χ4n) is 3.37. The van der Waals surface area contributed by atoms with E-state index in [0.29, 0.717) is 24.4 Å². The van der Waals surface area contributed by atoms with Crippen molar-refractivity contribution in [3.63, 3.8) is 0 Å². The standard InChI is InChI=1S/C17H14BrN7O2/c1-10-15-20-21-16(11-2-5-27-9-11)24(15)4-3-23(10)17(26)13-6-14-19-7-12(18)8-25(14)22-13/h2,5-10H,3-4H2,1H3. The zero-order valence-electron chi connectivity index (χ0n) is 14.3. The maximum absolute atomic E-state index is 13.0. The first-order chi connectivity index (χ1) is 13.1. The molecule has 0 saturated heterocycles. The van der Waals surface area contributed by atoms with Gasteiger partial charge in [-0.1, -0.05) is 0 Å². The molecule has 1 amide bonds. The van der Waals surface area contributed by atoms with E-state index in [2.05, 4.69) is 36.2 Å². The van der Waals surface area contributed by atoms with E-state index in [1.807, 2.05) is 17.6 Å². The van der Waals surface area contributed by atoms with Gasteiger partial charge < -0.3 is 13.9 Å². The molecule has 136 valence electrons. The molecule has 1 aliphatic heterocycles. The summed E-state index contributed by atoms with van der Waals surface area (Å²) in [5.41, 5.74) is 1.85. The molecule has 1 aliphatic rings. The number of amides is 1. The molecule has 0 aliphatic carbocycles. The number of nitrogens with zero attached hydrogens (tertiary/aromatic N) is 7. The summed E-state index contributed by atoms with van der Waals surface area (Å²) in [6.45, 7) is 3.10. The van der Waals surface area contributed by atoms with Crippen molar-refractivity contribution in [1.82, 2.24) is 34.3 Å². The Morgan fingerprint density at radius 3 is 3.04 bits per heavy atom. The maximum Gasteiger partial charge on any atom is 0.275 e. The molecule has 4 aromatic heterocycles. The number of hydrogen-bond acceptors (Lipinski definition) is 6. The lowest BCUT2D eigenvalue weighted by Crippen LogP contribution is -2.41. The molecule has 0 spiro atoms. The van der Waals surface area contributed by atoms with Crippen LogP contribution in [0.1, 0.15) is 29.3 Å². The Balaban J connectivity index is 1.47. The summed E-state index contributed by atoms with van der Waals surface area (Å²) in [4.78, 5) is 19.1. The van der Waals surface area contributed by atoms with Crippen molar-refractivity contribution in [2.75, 3.05) is 6.54 Å². The molecule has 4 aromatic rings. The lowest BCUT2D eigenvalue weighted by molar-refractivity contribution is 0.0632. The van der Waals surface area contributed by atoms with Crippen molar-refractivity contribution < 1.29 is 9.21 Å². The number of carbonyl (C=O) groups excluding carboxylic acids is 1. The first-order valence-corrected chi connectivity index (χ1v) is 9.18. The Bertz CT molecular complexity index is 1150. The Morgan fingerprint density at radius 2 is 2.22 bits per heavy atom. The van der Waals surface area contributed by atoms with E-state index in [0.717, 1.165) is 21.7 Å². The summed E-state index contributed by atoms with van der Waals surface area (Å²) in [6.07, 6.45) is 6.69. The molecule has 1 unspecified atom stereocenters. The Kier molecular flexibility index (Phi) is 3.61. The Hall–Kier alpha value is -3.01. The minimum absolute atomic E-state index is 0.150. The fourth-order valence-corrected chi connectivity index (χ4v) is 3.67. The van der Waals surface area contributed by atoms with Gasteiger partial charge in [0.15, 0.2) is 23.0 Å². The van der Waals surface area contributed by atoms with Gasteiger partial charge in [-0.25, -0.2) is 9.50 Å². The monoisotopic (exact) mass is 427 g/mol. The van der Waals surface area contributed by atoms with Crippen LogP contribution in [0.4, 0.5) is 0 Å². The summed E-state index contributed by atoms with van der Waals surface area (Å²) in [5.74, 6) is 1.35. The van der Waals surface area contributed by atoms with Crippen molar-refractivity contribution in [1.29, 1.82) is 0 Å². The van der Waals surface area contributed by atoms with Crippen molar-refractivity contribution >= 4 is 27.5 Å². The number of hydrogen-bond donors (Lipinski definition) is 0. The lowest BCUT2D eigenvalue weighted by atomic mass is 10.2. The summed E-state index contributed by atoms with van der Waals surface area (Å²) >= 11 is 3.36. The van der Waals surface area contributed by atoms with Crippen LogP contribution in [-0.2, 0) is 6.54 Å². The van der Waals surface area contributed by atoms with Gasteiger partial charge in [-0.3, -0.25) is 4.79 Å². The second kappa shape index (κ2) is 6.02. The van der Waals surface area contributed by atoms with Gasteiger partial charge in [-0.2, -0.15) is 5.10 Å². The first-order valence-electron chi connectivity index (χ1n) is 8.39. The highest BCUT2D eigenvalue weighted by Gasteiger charge is 2.33. The van der Waals surface area contributed by atoms with Crippen LogP contribution in [0.3, 0.4) is 0 Å². The normalized spacial score (nSPS) is 16.7. The van der Waals surface area contributed by atoms with Crippen molar-refractivity contribution in [3.8, 4) is 11.4 Å². The molecule has 5 rings (SSSR count). The van der Waals surface area contributed by atoms with Gasteiger partial charge in [0.05, 0.1) is 22.3 Å². The predicted octanol–water partition coefficient (Wildman–Crippen LogP) is 2.56. The van der Waals surface area contributed by atoms with Gasteiger partial charge in [0.25, 0.3) is 5.91 Å². The van der Waals surface area contributed by atoms with Crippen LogP contribution in [0.15, 0.2) is 45.9 Å². The third kappa shape index (κ3) is 2.55. The number of carbonyl (C=O) groups is 1. The number of aromatic nitrogens is 6. The highest BCUT2D eigenvalue weighted by molar-refractivity contribution is 9.10. The van der Waals surface area contributed by atoms with Gasteiger partial charge in [-0.05, 0) is 28.9 Å². The smallest absolute Gasteiger partial charge is 0.275 e. The quantitative estimate of drug-likeness (QED) is 0.487. The highest BCUT2D eigenvalue weighted by atomic mass is 79.9. The topological polar surface area (TPSA) is 94.3 Å². The average Bonchev–Trinajstić information content (AvgIpc) is 3.39. The predicted molar refractivity (Wildman–Crippen MR) is 97.9 cm³/mol. The molecule has 0 radical (unpaired) electrons. The van der Waals surface area contributed by atoms with Crippen LogP contribution in [-0.4, -0.2) is 46.7 Å². The van der Waals surface area contributed by atoms with Gasteiger partial charge in [0.2, 0.25) is 0 Å². The van der Waals surface area contributed by atoms with Crippen molar-refractivity contribution in [3.05, 3.63) is 53.0 Å². The van der Waals surface area contributed by atoms with Crippen molar-refractivity contribution in [2.45, 2.75) is 19.5 Å². The third-order valence-electron chi connectivity index (χ3n) is 4.73. The second-order valence-electron chi connectivity index (χ2n) is 6.32. The van der Waals surface area contributed by atoms with E-state index in [1.54, 1.807) is 40.4 Å². The fraction of sp³-hybridized carbons (Fsp3) is 0.235. The molecular weight excluding hydrogens is 414 g/mol. The number of furan rings is 1. The van der Waals surface area contributed by atoms with E-state index in [-0.39, 0.29) is 11.9 Å². The summed E-state index contributed by atoms with van der Waals surface area (Å²) in [5, 5.41) is 13.0. The Labute approximate surface area is 161 Å². The van der Waals surface area contributed by atoms with E-state index < -0.39 is 0 Å². The SMILES string of the molecule is CC1c2nnc(-c3ccoc3)n2CCN1C(=O)c1cc2ncc(Br)cn2n1. The molecule has 1 atom stereocenters. The molecule has 0 bridgehead atoms. The van der Waals surface area contributed by atoms with Crippen LogP contribution in [0, 0.1) is 0 Å². The Morgan fingerprint density at radius 1 is 1.33 bits per heavy atom. The minimum atomic E-state index is -0.219. The first kappa shape index (κ1) is 16.2. The third-order valence-corrected chi connectivity index (χ3v) is 5.14. The molecule has 0 fully saturated rings. The van der Waals surface area contributed by atoms with E-state index in [1.165, 1.54) is 0 Å². The van der Waals surface area contributed by atoms with Crippen LogP contribution in [0.2, 0.25) is 0 Å². The summed E-state index contributed by atoms with van der Waals surface area (Å²) in [6, 6.07) is 3.32. The van der Waals surface area contributed by atoms with Crippen LogP contribution < -0.4 is 0 Å². The van der Waals surface area contributed by atoms with E-state index >= 15 is 0 Å². The van der Waals surface area contributed by atoms with Gasteiger partial charge in [-0.15, -0.1) is 10.2 Å². The lowest BCUT2D eigenvalue weighted by Gasteiger charge is -2.33.